The van der Waals surface area contributed by atoms with Gasteiger partial charge in [0.25, 0.3) is 0 Å². The van der Waals surface area contributed by atoms with Crippen molar-refractivity contribution in [3.05, 3.63) is 0 Å². The van der Waals surface area contributed by atoms with Crippen molar-refractivity contribution in [2.24, 2.45) is 0 Å². The minimum absolute atomic E-state index is 0.0949. The van der Waals surface area contributed by atoms with E-state index in [0.29, 0.717) is 0 Å². The summed E-state index contributed by atoms with van der Waals surface area (Å²) in [5, 5.41) is 10.8. The van der Waals surface area contributed by atoms with Gasteiger partial charge in [-0.25, -0.2) is 0 Å². The largest absolute Gasteiger partial charge is 0.394 e. The van der Waals surface area contributed by atoms with Crippen molar-refractivity contribution in [2.75, 3.05) is 6.61 Å². The number of carbonyl (C=O) groups excluding carboxylic acids is 1. The first-order valence-electron chi connectivity index (χ1n) is 3.46. The third-order valence-electron chi connectivity index (χ3n) is 1.22. The Kier molecular flexibility index (Phi) is 3.83. The Hall–Kier alpha value is -0.280. The zero-order valence-corrected chi connectivity index (χ0v) is 7.77. The number of aliphatic hydroxyl groups excluding tert-OH is 1. The molecule has 0 rings (SSSR count). The number of halogens is 1. The molecule has 2 N–H and O–H groups in total. The van der Waals surface area contributed by atoms with Crippen LogP contribution < -0.4 is 5.32 Å². The Morgan fingerprint density at radius 2 is 2.18 bits per heavy atom. The molecule has 66 valence electrons. The second kappa shape index (κ2) is 3.93. The lowest BCUT2D eigenvalue weighted by Gasteiger charge is -2.23. The molecule has 0 fully saturated rings. The predicted molar refractivity (Wildman–Crippen MR) is 44.6 cm³/mol. The van der Waals surface area contributed by atoms with E-state index in [1.165, 1.54) is 0 Å². The maximum atomic E-state index is 11.0. The standard InChI is InChI=1S/C7H14ClNO2/c1-5(8)6(11)9-7(2,3)4-10/h5,10H,4H2,1-3H3,(H,9,11). The highest BCUT2D eigenvalue weighted by atomic mass is 35.5. The molecule has 3 nitrogen and oxygen atoms in total. The Labute approximate surface area is 71.7 Å². The van der Waals surface area contributed by atoms with E-state index in [2.05, 4.69) is 5.32 Å². The lowest BCUT2D eigenvalue weighted by atomic mass is 10.1. The van der Waals surface area contributed by atoms with Crippen molar-refractivity contribution in [3.63, 3.8) is 0 Å². The molecule has 0 aliphatic carbocycles. The molecule has 4 heteroatoms. The summed E-state index contributed by atoms with van der Waals surface area (Å²) in [6.07, 6.45) is 0. The van der Waals surface area contributed by atoms with Crippen LogP contribution in [0.3, 0.4) is 0 Å². The molecule has 0 saturated heterocycles. The summed E-state index contributed by atoms with van der Waals surface area (Å²) in [5.74, 6) is -0.259. The topological polar surface area (TPSA) is 49.3 Å². The molecule has 0 aliphatic rings. The number of hydrogen-bond acceptors (Lipinski definition) is 2. The van der Waals surface area contributed by atoms with Crippen LogP contribution in [-0.2, 0) is 4.79 Å². The van der Waals surface area contributed by atoms with Gasteiger partial charge < -0.3 is 10.4 Å². The zero-order valence-electron chi connectivity index (χ0n) is 7.02. The number of carbonyl (C=O) groups is 1. The van der Waals surface area contributed by atoms with Crippen LogP contribution in [-0.4, -0.2) is 28.5 Å². The van der Waals surface area contributed by atoms with Gasteiger partial charge in [-0.1, -0.05) is 0 Å². The highest BCUT2D eigenvalue weighted by Crippen LogP contribution is 2.02. The van der Waals surface area contributed by atoms with E-state index >= 15 is 0 Å². The van der Waals surface area contributed by atoms with Gasteiger partial charge in [0.2, 0.25) is 5.91 Å². The molecule has 0 aromatic carbocycles. The molecule has 0 aliphatic heterocycles. The molecular formula is C7H14ClNO2. The first kappa shape index (κ1) is 10.7. The molecule has 1 atom stereocenters. The van der Waals surface area contributed by atoms with E-state index in [1.54, 1.807) is 20.8 Å². The van der Waals surface area contributed by atoms with E-state index in [1.807, 2.05) is 0 Å². The summed E-state index contributed by atoms with van der Waals surface area (Å²) in [6, 6.07) is 0. The summed E-state index contributed by atoms with van der Waals surface area (Å²) in [4.78, 5) is 11.0. The molecule has 0 aromatic heterocycles. The molecule has 0 bridgehead atoms. The Bertz CT molecular complexity index is 145. The Balaban J connectivity index is 3.94. The smallest absolute Gasteiger partial charge is 0.238 e. The van der Waals surface area contributed by atoms with Crippen LogP contribution in [0.25, 0.3) is 0 Å². The second-order valence-electron chi connectivity index (χ2n) is 3.15. The minimum atomic E-state index is -0.583. The molecule has 1 unspecified atom stereocenters. The van der Waals surface area contributed by atoms with Gasteiger partial charge in [-0.2, -0.15) is 0 Å². The molecule has 0 saturated carbocycles. The van der Waals surface area contributed by atoms with Crippen LogP contribution in [0.5, 0.6) is 0 Å². The van der Waals surface area contributed by atoms with Gasteiger partial charge in [0.1, 0.15) is 5.38 Å². The first-order valence-corrected chi connectivity index (χ1v) is 3.89. The highest BCUT2D eigenvalue weighted by Gasteiger charge is 2.21. The Morgan fingerprint density at radius 3 is 2.45 bits per heavy atom. The molecule has 0 aromatic rings. The van der Waals surface area contributed by atoms with Gasteiger partial charge >= 0.3 is 0 Å². The van der Waals surface area contributed by atoms with E-state index in [4.69, 9.17) is 16.7 Å². The minimum Gasteiger partial charge on any atom is -0.394 e. The van der Waals surface area contributed by atoms with E-state index in [9.17, 15) is 4.79 Å². The van der Waals surface area contributed by atoms with Crippen molar-refractivity contribution >= 4 is 17.5 Å². The average molecular weight is 180 g/mol. The molecule has 0 heterocycles. The average Bonchev–Trinajstić information content (AvgIpc) is 1.87. The van der Waals surface area contributed by atoms with E-state index in [0.717, 1.165) is 0 Å². The van der Waals surface area contributed by atoms with Crippen molar-refractivity contribution in [1.82, 2.24) is 5.32 Å². The number of rotatable bonds is 3. The summed E-state index contributed by atoms with van der Waals surface area (Å²) in [5.41, 5.74) is -0.583. The molecule has 1 amide bonds. The van der Waals surface area contributed by atoms with Crippen molar-refractivity contribution < 1.29 is 9.90 Å². The number of alkyl halides is 1. The third-order valence-corrected chi connectivity index (χ3v) is 1.42. The van der Waals surface area contributed by atoms with Crippen LogP contribution >= 0.6 is 11.6 Å². The highest BCUT2D eigenvalue weighted by molar-refractivity contribution is 6.30. The SMILES string of the molecule is CC(Cl)C(=O)NC(C)(C)CO. The second-order valence-corrected chi connectivity index (χ2v) is 3.80. The van der Waals surface area contributed by atoms with E-state index in [-0.39, 0.29) is 12.5 Å². The molecule has 11 heavy (non-hydrogen) atoms. The molecule has 0 spiro atoms. The molecule has 0 radical (unpaired) electrons. The summed E-state index contributed by atoms with van der Waals surface area (Å²) in [7, 11) is 0. The fraction of sp³-hybridized carbons (Fsp3) is 0.857. The summed E-state index contributed by atoms with van der Waals surface area (Å²) >= 11 is 5.50. The van der Waals surface area contributed by atoms with Crippen molar-refractivity contribution in [2.45, 2.75) is 31.7 Å². The quantitative estimate of drug-likeness (QED) is 0.620. The van der Waals surface area contributed by atoms with Crippen molar-refractivity contribution in [1.29, 1.82) is 0 Å². The first-order chi connectivity index (χ1) is 4.89. The van der Waals surface area contributed by atoms with E-state index < -0.39 is 10.9 Å². The van der Waals surface area contributed by atoms with Crippen LogP contribution in [0.1, 0.15) is 20.8 Å². The number of amides is 1. The number of aliphatic hydroxyl groups is 1. The lowest BCUT2D eigenvalue weighted by Crippen LogP contribution is -2.48. The van der Waals surface area contributed by atoms with Gasteiger partial charge in [0.15, 0.2) is 0 Å². The zero-order chi connectivity index (χ0) is 9.07. The Morgan fingerprint density at radius 1 is 1.73 bits per heavy atom. The molecular weight excluding hydrogens is 166 g/mol. The number of hydrogen-bond donors (Lipinski definition) is 2. The van der Waals surface area contributed by atoms with Gasteiger partial charge in [-0.3, -0.25) is 4.79 Å². The van der Waals surface area contributed by atoms with Crippen LogP contribution in [0.2, 0.25) is 0 Å². The van der Waals surface area contributed by atoms with Crippen molar-refractivity contribution in [3.8, 4) is 0 Å². The summed E-state index contributed by atoms with van der Waals surface area (Å²) < 4.78 is 0. The van der Waals surface area contributed by atoms with Gasteiger partial charge in [0, 0.05) is 0 Å². The van der Waals surface area contributed by atoms with Gasteiger partial charge in [0.05, 0.1) is 12.1 Å². The fourth-order valence-corrected chi connectivity index (χ4v) is 0.527. The van der Waals surface area contributed by atoms with Crippen LogP contribution in [0.15, 0.2) is 0 Å². The summed E-state index contributed by atoms with van der Waals surface area (Å²) in [6.45, 7) is 4.95. The van der Waals surface area contributed by atoms with Gasteiger partial charge in [-0.05, 0) is 20.8 Å². The third kappa shape index (κ3) is 4.22. The van der Waals surface area contributed by atoms with Crippen LogP contribution in [0, 0.1) is 0 Å². The maximum Gasteiger partial charge on any atom is 0.238 e. The number of nitrogens with one attached hydrogen (secondary N) is 1. The van der Waals surface area contributed by atoms with Crippen LogP contribution in [0.4, 0.5) is 0 Å². The monoisotopic (exact) mass is 179 g/mol. The lowest BCUT2D eigenvalue weighted by molar-refractivity contribution is -0.122. The predicted octanol–water partition coefficient (Wildman–Crippen LogP) is 0.501. The normalized spacial score (nSPS) is 14.3. The maximum absolute atomic E-state index is 11.0. The van der Waals surface area contributed by atoms with Gasteiger partial charge in [-0.15, -0.1) is 11.6 Å². The fourth-order valence-electron chi connectivity index (χ4n) is 0.472.